The normalized spacial score (nSPS) is 31.1. The van der Waals surface area contributed by atoms with Crippen LogP contribution in [0.4, 0.5) is 0 Å². The first-order valence-electron chi connectivity index (χ1n) is 7.84. The van der Waals surface area contributed by atoms with E-state index in [1.165, 1.54) is 44.9 Å². The van der Waals surface area contributed by atoms with Crippen LogP contribution in [-0.2, 0) is 6.42 Å². The second-order valence-corrected chi connectivity index (χ2v) is 6.25. The highest BCUT2D eigenvalue weighted by Gasteiger charge is 2.31. The predicted octanol–water partition coefficient (Wildman–Crippen LogP) is 2.87. The number of hydrogen-bond acceptors (Lipinski definition) is 4. The summed E-state index contributed by atoms with van der Waals surface area (Å²) in [4.78, 5) is 4.24. The van der Waals surface area contributed by atoms with E-state index in [0.29, 0.717) is 11.9 Å². The zero-order chi connectivity index (χ0) is 13.1. The molecule has 3 unspecified atom stereocenters. The lowest BCUT2D eigenvalue weighted by Gasteiger charge is -2.39. The van der Waals surface area contributed by atoms with Gasteiger partial charge < -0.3 is 9.84 Å². The Hall–Kier alpha value is -0.900. The van der Waals surface area contributed by atoms with Crippen LogP contribution >= 0.6 is 0 Å². The maximum absolute atomic E-state index is 4.99. The second kappa shape index (κ2) is 6.04. The van der Waals surface area contributed by atoms with E-state index in [4.69, 9.17) is 4.52 Å². The number of fused-ring (bicyclic) bond motifs is 1. The average molecular weight is 263 g/mol. The van der Waals surface area contributed by atoms with Gasteiger partial charge in [-0.3, -0.25) is 0 Å². The Kier molecular flexibility index (Phi) is 4.16. The molecule has 4 heteroatoms. The van der Waals surface area contributed by atoms with E-state index in [9.17, 15) is 0 Å². The molecule has 3 rings (SSSR count). The van der Waals surface area contributed by atoms with E-state index in [-0.39, 0.29) is 0 Å². The fourth-order valence-corrected chi connectivity index (χ4v) is 3.89. The largest absolute Gasteiger partial charge is 0.340 e. The van der Waals surface area contributed by atoms with Gasteiger partial charge in [0.2, 0.25) is 5.89 Å². The van der Waals surface area contributed by atoms with Crippen molar-refractivity contribution in [1.29, 1.82) is 0 Å². The maximum Gasteiger partial charge on any atom is 0.223 e. The number of aryl methyl sites for hydroxylation is 1. The molecule has 3 atom stereocenters. The molecule has 2 saturated carbocycles. The van der Waals surface area contributed by atoms with Crippen LogP contribution < -0.4 is 5.32 Å². The minimum absolute atomic E-state index is 0.665. The topological polar surface area (TPSA) is 51.0 Å². The van der Waals surface area contributed by atoms with Crippen molar-refractivity contribution in [3.8, 4) is 0 Å². The minimum Gasteiger partial charge on any atom is -0.340 e. The maximum atomic E-state index is 4.99. The minimum atomic E-state index is 0.665. The van der Waals surface area contributed by atoms with Crippen LogP contribution in [-0.4, -0.2) is 22.7 Å². The molecule has 106 valence electrons. The van der Waals surface area contributed by atoms with Crippen LogP contribution in [0.1, 0.15) is 56.7 Å². The van der Waals surface area contributed by atoms with E-state index >= 15 is 0 Å². The molecule has 2 aliphatic carbocycles. The zero-order valence-electron chi connectivity index (χ0n) is 11.9. The molecule has 1 aromatic rings. The van der Waals surface area contributed by atoms with Crippen LogP contribution in [0.15, 0.2) is 4.52 Å². The molecule has 0 radical (unpaired) electrons. The Morgan fingerprint density at radius 2 is 2.00 bits per heavy atom. The summed E-state index contributed by atoms with van der Waals surface area (Å²) < 4.78 is 4.99. The van der Waals surface area contributed by atoms with Gasteiger partial charge in [0, 0.05) is 25.9 Å². The highest BCUT2D eigenvalue weighted by atomic mass is 16.5. The molecule has 0 spiro atoms. The first-order valence-corrected chi connectivity index (χ1v) is 7.84. The molecule has 4 nitrogen and oxygen atoms in total. The molecule has 1 heterocycles. The van der Waals surface area contributed by atoms with Crippen molar-refractivity contribution in [2.45, 2.75) is 64.3 Å². The van der Waals surface area contributed by atoms with Gasteiger partial charge in [-0.2, -0.15) is 4.98 Å². The summed E-state index contributed by atoms with van der Waals surface area (Å²) in [5.41, 5.74) is 0. The molecule has 0 amide bonds. The van der Waals surface area contributed by atoms with Crippen LogP contribution in [0.5, 0.6) is 0 Å². The smallest absolute Gasteiger partial charge is 0.223 e. The number of rotatable bonds is 4. The average Bonchev–Trinajstić information content (AvgIpc) is 2.84. The summed E-state index contributed by atoms with van der Waals surface area (Å²) in [7, 11) is 0. The highest BCUT2D eigenvalue weighted by Crippen LogP contribution is 2.40. The molecule has 0 saturated heterocycles. The summed E-state index contributed by atoms with van der Waals surface area (Å²) in [5.74, 6) is 3.52. The Labute approximate surface area is 115 Å². The molecule has 0 aliphatic heterocycles. The SMILES string of the molecule is Cc1nc(CCNC2CCC3CCCCC3C2)no1. The number of nitrogens with zero attached hydrogens (tertiary/aromatic N) is 2. The Morgan fingerprint density at radius 1 is 1.16 bits per heavy atom. The Bertz CT molecular complexity index is 404. The van der Waals surface area contributed by atoms with Crippen LogP contribution in [0, 0.1) is 18.8 Å². The van der Waals surface area contributed by atoms with Gasteiger partial charge in [-0.1, -0.05) is 30.8 Å². The molecular weight excluding hydrogens is 238 g/mol. The summed E-state index contributed by atoms with van der Waals surface area (Å²) in [6.07, 6.45) is 10.9. The third-order valence-electron chi connectivity index (χ3n) is 4.89. The standard InChI is InChI=1S/C15H25N3O/c1-11-17-15(18-19-11)8-9-16-14-7-6-12-4-2-3-5-13(12)10-14/h12-14,16H,2-10H2,1H3. The lowest BCUT2D eigenvalue weighted by atomic mass is 9.69. The van der Waals surface area contributed by atoms with Gasteiger partial charge in [-0.25, -0.2) is 0 Å². The predicted molar refractivity (Wildman–Crippen MR) is 73.8 cm³/mol. The number of aromatic nitrogens is 2. The van der Waals surface area contributed by atoms with Crippen LogP contribution in [0.25, 0.3) is 0 Å². The third-order valence-corrected chi connectivity index (χ3v) is 4.89. The van der Waals surface area contributed by atoms with Crippen LogP contribution in [0.3, 0.4) is 0 Å². The van der Waals surface area contributed by atoms with Gasteiger partial charge in [0.1, 0.15) is 0 Å². The van der Waals surface area contributed by atoms with Crippen molar-refractivity contribution in [2.75, 3.05) is 6.54 Å². The number of nitrogens with one attached hydrogen (secondary N) is 1. The molecule has 0 bridgehead atoms. The van der Waals surface area contributed by atoms with Gasteiger partial charge in [0.25, 0.3) is 0 Å². The Morgan fingerprint density at radius 3 is 2.79 bits per heavy atom. The summed E-state index contributed by atoms with van der Waals surface area (Å²) in [5, 5.41) is 7.63. The molecule has 1 aromatic heterocycles. The van der Waals surface area contributed by atoms with Crippen molar-refractivity contribution < 1.29 is 4.52 Å². The molecule has 1 N–H and O–H groups in total. The van der Waals surface area contributed by atoms with Gasteiger partial charge in [0.15, 0.2) is 5.82 Å². The van der Waals surface area contributed by atoms with Crippen molar-refractivity contribution in [3.05, 3.63) is 11.7 Å². The lowest BCUT2D eigenvalue weighted by molar-refractivity contribution is 0.144. The molecule has 2 fully saturated rings. The van der Waals surface area contributed by atoms with Gasteiger partial charge in [-0.15, -0.1) is 0 Å². The van der Waals surface area contributed by atoms with E-state index < -0.39 is 0 Å². The first-order chi connectivity index (χ1) is 9.31. The van der Waals surface area contributed by atoms with Crippen molar-refractivity contribution >= 4 is 0 Å². The van der Waals surface area contributed by atoms with Crippen LogP contribution in [0.2, 0.25) is 0 Å². The lowest BCUT2D eigenvalue weighted by Crippen LogP contribution is -2.39. The van der Waals surface area contributed by atoms with Gasteiger partial charge in [-0.05, 0) is 31.1 Å². The van der Waals surface area contributed by atoms with E-state index in [2.05, 4.69) is 15.5 Å². The fraction of sp³-hybridized carbons (Fsp3) is 0.867. The molecule has 2 aliphatic rings. The number of hydrogen-bond donors (Lipinski definition) is 1. The van der Waals surface area contributed by atoms with Crippen molar-refractivity contribution in [1.82, 2.24) is 15.5 Å². The van der Waals surface area contributed by atoms with E-state index in [1.807, 2.05) is 6.92 Å². The zero-order valence-corrected chi connectivity index (χ0v) is 11.9. The third kappa shape index (κ3) is 3.35. The summed E-state index contributed by atoms with van der Waals surface area (Å²) in [6, 6.07) is 0.715. The molecule has 0 aromatic carbocycles. The second-order valence-electron chi connectivity index (χ2n) is 6.25. The van der Waals surface area contributed by atoms with Crippen molar-refractivity contribution in [3.63, 3.8) is 0 Å². The molecular formula is C15H25N3O. The summed E-state index contributed by atoms with van der Waals surface area (Å²) >= 11 is 0. The van der Waals surface area contributed by atoms with Gasteiger partial charge in [0.05, 0.1) is 0 Å². The van der Waals surface area contributed by atoms with E-state index in [0.717, 1.165) is 30.6 Å². The summed E-state index contributed by atoms with van der Waals surface area (Å²) in [6.45, 7) is 2.81. The molecule has 19 heavy (non-hydrogen) atoms. The van der Waals surface area contributed by atoms with Crippen molar-refractivity contribution in [2.24, 2.45) is 11.8 Å². The monoisotopic (exact) mass is 263 g/mol. The fourth-order valence-electron chi connectivity index (χ4n) is 3.89. The first kappa shape index (κ1) is 13.1. The highest BCUT2D eigenvalue weighted by molar-refractivity contribution is 4.88. The quantitative estimate of drug-likeness (QED) is 0.907. The van der Waals surface area contributed by atoms with Gasteiger partial charge >= 0.3 is 0 Å². The Balaban J connectivity index is 1.41. The van der Waals surface area contributed by atoms with E-state index in [1.54, 1.807) is 0 Å².